The van der Waals surface area contributed by atoms with Gasteiger partial charge in [0.25, 0.3) is 0 Å². The molecular weight excluding hydrogens is 408 g/mol. The molecule has 1 aromatic carbocycles. The van der Waals surface area contributed by atoms with Crippen molar-refractivity contribution in [1.29, 1.82) is 0 Å². The Morgan fingerprint density at radius 3 is 2.81 bits per heavy atom. The summed E-state index contributed by atoms with van der Waals surface area (Å²) >= 11 is 1.79. The fraction of sp³-hybridized carbons (Fsp3) is 0.261. The van der Waals surface area contributed by atoms with Crippen LogP contribution in [0.15, 0.2) is 66.0 Å². The number of rotatable bonds is 6. The Hall–Kier alpha value is -3.10. The second-order valence-corrected chi connectivity index (χ2v) is 9.34. The van der Waals surface area contributed by atoms with Crippen LogP contribution >= 0.6 is 11.9 Å². The lowest BCUT2D eigenvalue weighted by Gasteiger charge is -2.37. The largest absolute Gasteiger partial charge is 0.346 e. The van der Waals surface area contributed by atoms with E-state index in [1.807, 2.05) is 30.6 Å². The van der Waals surface area contributed by atoms with Crippen molar-refractivity contribution in [2.75, 3.05) is 18.4 Å². The van der Waals surface area contributed by atoms with Crippen molar-refractivity contribution in [3.63, 3.8) is 0 Å². The number of hydrogen-bond acceptors (Lipinski definition) is 5. The van der Waals surface area contributed by atoms with Gasteiger partial charge in [0.2, 0.25) is 5.91 Å². The predicted octanol–water partition coefficient (Wildman–Crippen LogP) is 4.34. The molecule has 2 N–H and O–H groups in total. The maximum atomic E-state index is 12.2. The van der Waals surface area contributed by atoms with E-state index in [2.05, 4.69) is 59.8 Å². The summed E-state index contributed by atoms with van der Waals surface area (Å²) in [4.78, 5) is 21.2. The number of pyridine rings is 1. The van der Waals surface area contributed by atoms with E-state index in [9.17, 15) is 4.79 Å². The SMILES string of the molecule is O=C(Nc1cc(-c2cnn(C3CN(Sc4ccccc4)C3)c2)c2cc[nH]c2n1)C1CC1. The average Bonchev–Trinajstić information content (AvgIpc) is 3.31. The highest BCUT2D eigenvalue weighted by Gasteiger charge is 2.31. The first-order valence-corrected chi connectivity index (χ1v) is 11.3. The van der Waals surface area contributed by atoms with Gasteiger partial charge in [-0.15, -0.1) is 0 Å². The molecule has 0 spiro atoms. The Bertz CT molecular complexity index is 1240. The van der Waals surface area contributed by atoms with E-state index in [1.54, 1.807) is 11.9 Å². The third-order valence-electron chi connectivity index (χ3n) is 5.82. The fourth-order valence-corrected chi connectivity index (χ4v) is 4.95. The number of benzene rings is 1. The average molecular weight is 431 g/mol. The topological polar surface area (TPSA) is 78.8 Å². The molecule has 0 radical (unpaired) electrons. The van der Waals surface area contributed by atoms with Crippen LogP contribution in [0.4, 0.5) is 5.82 Å². The first-order chi connectivity index (χ1) is 15.2. The van der Waals surface area contributed by atoms with Gasteiger partial charge in [-0.25, -0.2) is 9.29 Å². The zero-order valence-electron chi connectivity index (χ0n) is 16.9. The Labute approximate surface area is 184 Å². The summed E-state index contributed by atoms with van der Waals surface area (Å²) in [5, 5.41) is 8.64. The van der Waals surface area contributed by atoms with Gasteiger partial charge >= 0.3 is 0 Å². The monoisotopic (exact) mass is 430 g/mol. The molecule has 2 aliphatic rings. The zero-order valence-corrected chi connectivity index (χ0v) is 17.7. The molecule has 7 nitrogen and oxygen atoms in total. The van der Waals surface area contributed by atoms with Gasteiger partial charge in [0.1, 0.15) is 11.5 Å². The molecule has 156 valence electrons. The zero-order chi connectivity index (χ0) is 20.8. The van der Waals surface area contributed by atoms with Crippen molar-refractivity contribution in [2.24, 2.45) is 5.92 Å². The molecule has 4 heterocycles. The van der Waals surface area contributed by atoms with Gasteiger partial charge in [-0.1, -0.05) is 18.2 Å². The van der Waals surface area contributed by atoms with Crippen LogP contribution in [0.2, 0.25) is 0 Å². The second kappa shape index (κ2) is 7.55. The molecule has 1 saturated heterocycles. The summed E-state index contributed by atoms with van der Waals surface area (Å²) < 4.78 is 4.41. The molecule has 2 fully saturated rings. The van der Waals surface area contributed by atoms with Gasteiger partial charge in [-0.3, -0.25) is 9.48 Å². The van der Waals surface area contributed by atoms with Crippen molar-refractivity contribution < 1.29 is 4.79 Å². The highest BCUT2D eigenvalue weighted by atomic mass is 32.2. The number of H-pyrrole nitrogens is 1. The number of nitrogens with one attached hydrogen (secondary N) is 2. The van der Waals surface area contributed by atoms with Crippen LogP contribution in [0.1, 0.15) is 18.9 Å². The number of nitrogens with zero attached hydrogens (tertiary/aromatic N) is 4. The number of fused-ring (bicyclic) bond motifs is 1. The molecular formula is C23H22N6OS. The van der Waals surface area contributed by atoms with Crippen LogP contribution in [0.25, 0.3) is 22.2 Å². The minimum atomic E-state index is 0.0607. The van der Waals surface area contributed by atoms with Gasteiger partial charge in [-0.05, 0) is 54.6 Å². The van der Waals surface area contributed by atoms with E-state index < -0.39 is 0 Å². The normalized spacial score (nSPS) is 17.0. The highest BCUT2D eigenvalue weighted by Crippen LogP contribution is 2.35. The third-order valence-corrected chi connectivity index (χ3v) is 6.86. The van der Waals surface area contributed by atoms with Crippen LogP contribution in [-0.2, 0) is 4.79 Å². The van der Waals surface area contributed by atoms with Crippen LogP contribution in [0.5, 0.6) is 0 Å². The fourth-order valence-electron chi connectivity index (χ4n) is 3.88. The third kappa shape index (κ3) is 3.73. The molecule has 3 aromatic heterocycles. The van der Waals surface area contributed by atoms with E-state index in [1.165, 1.54) is 4.90 Å². The van der Waals surface area contributed by atoms with Crippen LogP contribution < -0.4 is 5.32 Å². The maximum absolute atomic E-state index is 12.2. The standard InChI is InChI=1S/C23H22N6OS/c30-23(15-6-7-15)27-21-10-20(19-8-9-24-22(19)26-21)16-11-25-29(12-16)17-13-28(14-17)31-18-4-2-1-3-5-18/h1-5,8-12,15,17H,6-7,13-14H2,(H2,24,26,27,30). The minimum absolute atomic E-state index is 0.0607. The Morgan fingerprint density at radius 1 is 1.16 bits per heavy atom. The Balaban J connectivity index is 1.20. The molecule has 1 saturated carbocycles. The molecule has 31 heavy (non-hydrogen) atoms. The van der Waals surface area contributed by atoms with Gasteiger partial charge in [-0.2, -0.15) is 5.10 Å². The number of anilines is 1. The molecule has 4 aromatic rings. The molecule has 1 aliphatic carbocycles. The van der Waals surface area contributed by atoms with E-state index in [4.69, 9.17) is 0 Å². The number of amides is 1. The van der Waals surface area contributed by atoms with Crippen LogP contribution in [0.3, 0.4) is 0 Å². The number of aromatic amines is 1. The molecule has 1 amide bonds. The van der Waals surface area contributed by atoms with Gasteiger partial charge in [0, 0.05) is 47.2 Å². The number of carbonyl (C=O) groups is 1. The molecule has 6 rings (SSSR count). The van der Waals surface area contributed by atoms with E-state index >= 15 is 0 Å². The van der Waals surface area contributed by atoms with Crippen LogP contribution in [-0.4, -0.2) is 43.1 Å². The number of hydrogen-bond donors (Lipinski definition) is 2. The van der Waals surface area contributed by atoms with E-state index in [-0.39, 0.29) is 11.8 Å². The van der Waals surface area contributed by atoms with Crippen molar-refractivity contribution in [2.45, 2.75) is 23.8 Å². The second-order valence-electron chi connectivity index (χ2n) is 8.17. The first-order valence-electron chi connectivity index (χ1n) is 10.5. The summed E-state index contributed by atoms with van der Waals surface area (Å²) in [5.41, 5.74) is 2.83. The van der Waals surface area contributed by atoms with Crippen molar-refractivity contribution in [3.05, 3.63) is 61.1 Å². The lowest BCUT2D eigenvalue weighted by atomic mass is 10.1. The highest BCUT2D eigenvalue weighted by molar-refractivity contribution is 7.97. The molecule has 8 heteroatoms. The quantitative estimate of drug-likeness (QED) is 0.445. The minimum Gasteiger partial charge on any atom is -0.346 e. The summed E-state index contributed by atoms with van der Waals surface area (Å²) in [7, 11) is 0. The van der Waals surface area contributed by atoms with Crippen molar-refractivity contribution in [3.8, 4) is 11.1 Å². The van der Waals surface area contributed by atoms with Gasteiger partial charge in [0.15, 0.2) is 0 Å². The Morgan fingerprint density at radius 2 is 2.00 bits per heavy atom. The van der Waals surface area contributed by atoms with Crippen molar-refractivity contribution in [1.82, 2.24) is 24.1 Å². The molecule has 0 bridgehead atoms. The molecule has 1 aliphatic heterocycles. The molecule has 0 unspecified atom stereocenters. The Kier molecular flexibility index (Phi) is 4.54. The number of aromatic nitrogens is 4. The lowest BCUT2D eigenvalue weighted by Crippen LogP contribution is -2.43. The predicted molar refractivity (Wildman–Crippen MR) is 122 cm³/mol. The summed E-state index contributed by atoms with van der Waals surface area (Å²) in [6, 6.07) is 14.8. The summed E-state index contributed by atoms with van der Waals surface area (Å²) in [6.45, 7) is 1.92. The number of carbonyl (C=O) groups excluding carboxylic acids is 1. The maximum Gasteiger partial charge on any atom is 0.228 e. The molecule has 0 atom stereocenters. The lowest BCUT2D eigenvalue weighted by molar-refractivity contribution is -0.117. The first kappa shape index (κ1) is 18.7. The van der Waals surface area contributed by atoms with E-state index in [0.29, 0.717) is 11.9 Å². The summed E-state index contributed by atoms with van der Waals surface area (Å²) in [6.07, 6.45) is 7.82. The summed E-state index contributed by atoms with van der Waals surface area (Å²) in [5.74, 6) is 0.789. The van der Waals surface area contributed by atoms with Gasteiger partial charge in [0.05, 0.1) is 12.2 Å². The van der Waals surface area contributed by atoms with E-state index in [0.717, 1.165) is 48.1 Å². The van der Waals surface area contributed by atoms with Crippen LogP contribution in [0, 0.1) is 5.92 Å². The van der Waals surface area contributed by atoms with Crippen molar-refractivity contribution >= 4 is 34.7 Å². The van der Waals surface area contributed by atoms with Gasteiger partial charge < -0.3 is 10.3 Å². The smallest absolute Gasteiger partial charge is 0.228 e.